The Kier molecular flexibility index (Phi) is 8.18. The molecule has 3 heterocycles. The highest BCUT2D eigenvalue weighted by atomic mass is 16.3. The Bertz CT molecular complexity index is 3860. The first kappa shape index (κ1) is 36.1. The van der Waals surface area contributed by atoms with Gasteiger partial charge in [-0.25, -0.2) is 0 Å². The van der Waals surface area contributed by atoms with E-state index in [-0.39, 0.29) is 0 Å². The number of hydrogen-bond donors (Lipinski definition) is 0. The van der Waals surface area contributed by atoms with Gasteiger partial charge in [-0.15, -0.1) is 0 Å². The normalized spacial score (nSPS) is 11.8. The van der Waals surface area contributed by atoms with Crippen molar-refractivity contribution in [3.05, 3.63) is 237 Å². The molecule has 0 bridgehead atoms. The Labute approximate surface area is 369 Å². The lowest BCUT2D eigenvalue weighted by atomic mass is 10.0. The smallest absolute Gasteiger partial charge is 0.145 e. The molecule has 0 saturated carbocycles. The van der Waals surface area contributed by atoms with Crippen molar-refractivity contribution in [2.75, 3.05) is 4.90 Å². The fourth-order valence-corrected chi connectivity index (χ4v) is 10.0. The molecule has 3 aromatic heterocycles. The molecule has 0 fully saturated rings. The first-order valence-corrected chi connectivity index (χ1v) is 21.8. The van der Waals surface area contributed by atoms with Gasteiger partial charge < -0.3 is 18.5 Å². The topological polar surface area (TPSA) is 26.2 Å². The Balaban J connectivity index is 0.960. The molecule has 10 aromatic carbocycles. The summed E-state index contributed by atoms with van der Waals surface area (Å²) in [6, 6.07) is 84.8. The van der Waals surface area contributed by atoms with Gasteiger partial charge >= 0.3 is 0 Å². The molecule has 0 atom stereocenters. The fourth-order valence-electron chi connectivity index (χ4n) is 10.0. The zero-order chi connectivity index (χ0) is 42.1. The molecule has 0 aliphatic heterocycles. The maximum absolute atomic E-state index is 7.24. The molecule has 300 valence electrons. The third-order valence-corrected chi connectivity index (χ3v) is 12.9. The number of rotatable bonds is 7. The first-order chi connectivity index (χ1) is 31.8. The molecule has 0 aliphatic rings. The summed E-state index contributed by atoms with van der Waals surface area (Å²) in [5, 5.41) is 6.80. The van der Waals surface area contributed by atoms with Gasteiger partial charge in [-0.3, -0.25) is 0 Å². The SMILES string of the molecule is c1ccc(-c2ccc(N(c3ccccc3)c3ccc(-n4c5ccccc5c5c6oc7c(ccc8c7c7ccccc7n8-c7cccc(-c8ccccc8)c7)c6ccc54)cc3)cc2)cc1. The van der Waals surface area contributed by atoms with Gasteiger partial charge in [0.15, 0.2) is 0 Å². The Morgan fingerprint density at radius 2 is 0.719 bits per heavy atom. The molecule has 4 nitrogen and oxygen atoms in total. The molecule has 0 amide bonds. The summed E-state index contributed by atoms with van der Waals surface area (Å²) in [7, 11) is 0. The predicted molar refractivity (Wildman–Crippen MR) is 268 cm³/mol. The summed E-state index contributed by atoms with van der Waals surface area (Å²) >= 11 is 0. The molecule has 0 saturated heterocycles. The minimum Gasteiger partial charge on any atom is -0.455 e. The van der Waals surface area contributed by atoms with Gasteiger partial charge in [0.05, 0.1) is 32.8 Å². The summed E-state index contributed by atoms with van der Waals surface area (Å²) in [5.74, 6) is 0. The highest BCUT2D eigenvalue weighted by Gasteiger charge is 2.23. The van der Waals surface area contributed by atoms with Gasteiger partial charge in [-0.05, 0) is 119 Å². The van der Waals surface area contributed by atoms with Crippen LogP contribution < -0.4 is 4.90 Å². The van der Waals surface area contributed by atoms with Crippen LogP contribution in [0.2, 0.25) is 0 Å². The van der Waals surface area contributed by atoms with Gasteiger partial charge in [0, 0.05) is 50.0 Å². The van der Waals surface area contributed by atoms with Crippen molar-refractivity contribution < 1.29 is 4.42 Å². The number of para-hydroxylation sites is 3. The van der Waals surface area contributed by atoms with Crippen LogP contribution in [0.1, 0.15) is 0 Å². The van der Waals surface area contributed by atoms with Crippen LogP contribution >= 0.6 is 0 Å². The van der Waals surface area contributed by atoms with E-state index >= 15 is 0 Å². The maximum atomic E-state index is 7.24. The molecule has 4 heteroatoms. The first-order valence-electron chi connectivity index (χ1n) is 21.8. The number of hydrogen-bond acceptors (Lipinski definition) is 2. The van der Waals surface area contributed by atoms with Crippen LogP contribution in [0.4, 0.5) is 17.1 Å². The van der Waals surface area contributed by atoms with Crippen molar-refractivity contribution in [3.8, 4) is 33.6 Å². The Morgan fingerprint density at radius 3 is 1.30 bits per heavy atom. The van der Waals surface area contributed by atoms with Gasteiger partial charge in [-0.2, -0.15) is 0 Å². The van der Waals surface area contributed by atoms with E-state index in [0.29, 0.717) is 0 Å². The van der Waals surface area contributed by atoms with E-state index in [0.717, 1.165) is 88.6 Å². The van der Waals surface area contributed by atoms with Crippen LogP contribution in [0.3, 0.4) is 0 Å². The zero-order valence-electron chi connectivity index (χ0n) is 34.8. The second-order valence-corrected chi connectivity index (χ2v) is 16.5. The number of aromatic nitrogens is 2. The molecule has 0 radical (unpaired) electrons. The zero-order valence-corrected chi connectivity index (χ0v) is 34.8. The van der Waals surface area contributed by atoms with E-state index in [2.05, 4.69) is 251 Å². The second kappa shape index (κ2) is 14.5. The third-order valence-electron chi connectivity index (χ3n) is 12.9. The van der Waals surface area contributed by atoms with E-state index < -0.39 is 0 Å². The third kappa shape index (κ3) is 5.63. The summed E-state index contributed by atoms with van der Waals surface area (Å²) in [5.41, 5.74) is 16.6. The van der Waals surface area contributed by atoms with Crippen molar-refractivity contribution in [1.29, 1.82) is 0 Å². The average Bonchev–Trinajstić information content (AvgIpc) is 4.03. The highest BCUT2D eigenvalue weighted by Crippen LogP contribution is 2.45. The van der Waals surface area contributed by atoms with Crippen LogP contribution in [-0.2, 0) is 0 Å². The number of anilines is 3. The lowest BCUT2D eigenvalue weighted by Gasteiger charge is -2.26. The Morgan fingerprint density at radius 1 is 0.281 bits per heavy atom. The van der Waals surface area contributed by atoms with Crippen molar-refractivity contribution in [3.63, 3.8) is 0 Å². The van der Waals surface area contributed by atoms with Crippen molar-refractivity contribution in [2.24, 2.45) is 0 Å². The van der Waals surface area contributed by atoms with Gasteiger partial charge in [0.2, 0.25) is 0 Å². The van der Waals surface area contributed by atoms with E-state index in [1.54, 1.807) is 0 Å². The number of fused-ring (bicyclic) bond motifs is 11. The molecule has 64 heavy (non-hydrogen) atoms. The van der Waals surface area contributed by atoms with Crippen LogP contribution in [0.15, 0.2) is 241 Å². The van der Waals surface area contributed by atoms with Crippen LogP contribution in [0.25, 0.3) is 99.2 Å². The minimum absolute atomic E-state index is 0.906. The summed E-state index contributed by atoms with van der Waals surface area (Å²) in [4.78, 5) is 2.32. The molecule has 0 N–H and O–H groups in total. The average molecular weight is 818 g/mol. The second-order valence-electron chi connectivity index (χ2n) is 16.5. The molecule has 13 rings (SSSR count). The van der Waals surface area contributed by atoms with Gasteiger partial charge in [-0.1, -0.05) is 140 Å². The summed E-state index contributed by atoms with van der Waals surface area (Å²) < 4.78 is 12.0. The van der Waals surface area contributed by atoms with Crippen molar-refractivity contribution in [2.45, 2.75) is 0 Å². The Hall–Kier alpha value is -8.60. The highest BCUT2D eigenvalue weighted by molar-refractivity contribution is 6.29. The molecular formula is C60H39N3O. The molecule has 0 spiro atoms. The van der Waals surface area contributed by atoms with Crippen LogP contribution in [0.5, 0.6) is 0 Å². The lowest BCUT2D eigenvalue weighted by Crippen LogP contribution is -2.10. The lowest BCUT2D eigenvalue weighted by molar-refractivity contribution is 0.677. The molecule has 0 aliphatic carbocycles. The minimum atomic E-state index is 0.906. The standard InChI is InChI=1S/C60H39N3O/c1-4-15-40(16-5-1)42-27-29-45(30-28-42)61(44-20-8-3-9-21-44)46-31-33-47(34-32-46)62-53-25-12-10-23-51(53)57-55(62)37-35-49-50-36-38-56-58(60(50)64-59(49)57)52-24-11-13-26-54(52)63(56)48-22-14-19-43(39-48)41-17-6-2-7-18-41/h1-39H. The van der Waals surface area contributed by atoms with E-state index in [1.807, 2.05) is 0 Å². The largest absolute Gasteiger partial charge is 0.455 e. The molecule has 13 aromatic rings. The number of nitrogens with zero attached hydrogens (tertiary/aromatic N) is 3. The summed E-state index contributed by atoms with van der Waals surface area (Å²) in [6.45, 7) is 0. The maximum Gasteiger partial charge on any atom is 0.145 e. The monoisotopic (exact) mass is 817 g/mol. The van der Waals surface area contributed by atoms with Crippen LogP contribution in [-0.4, -0.2) is 9.13 Å². The van der Waals surface area contributed by atoms with Gasteiger partial charge in [0.1, 0.15) is 11.2 Å². The van der Waals surface area contributed by atoms with E-state index in [1.165, 1.54) is 27.6 Å². The molecular weight excluding hydrogens is 779 g/mol. The summed E-state index contributed by atoms with van der Waals surface area (Å²) in [6.07, 6.45) is 0. The predicted octanol–water partition coefficient (Wildman–Crippen LogP) is 16.6. The van der Waals surface area contributed by atoms with Crippen LogP contribution in [0, 0.1) is 0 Å². The number of benzene rings is 10. The quantitative estimate of drug-likeness (QED) is 0.160. The van der Waals surface area contributed by atoms with Crippen molar-refractivity contribution >= 4 is 82.6 Å². The fraction of sp³-hybridized carbons (Fsp3) is 0. The van der Waals surface area contributed by atoms with E-state index in [4.69, 9.17) is 4.42 Å². The van der Waals surface area contributed by atoms with E-state index in [9.17, 15) is 0 Å². The number of furan rings is 1. The van der Waals surface area contributed by atoms with Gasteiger partial charge in [0.25, 0.3) is 0 Å². The van der Waals surface area contributed by atoms with Crippen molar-refractivity contribution in [1.82, 2.24) is 9.13 Å². The molecule has 0 unspecified atom stereocenters.